The summed E-state index contributed by atoms with van der Waals surface area (Å²) >= 11 is 1.47. The molecule has 2 N–H and O–H groups in total. The van der Waals surface area contributed by atoms with Crippen LogP contribution in [0.15, 0.2) is 35.8 Å². The minimum absolute atomic E-state index is 0.227. The number of rotatable bonds is 7. The number of amides is 1. The van der Waals surface area contributed by atoms with Crippen molar-refractivity contribution < 1.29 is 19.1 Å². The minimum Gasteiger partial charge on any atom is -0.481 e. The number of thiazole rings is 1. The molecule has 0 bridgehead atoms. The lowest BCUT2D eigenvalue weighted by molar-refractivity contribution is -0.137. The number of hydrogen-bond donors (Lipinski definition) is 2. The molecular weight excluding hydrogens is 307 g/mol. The largest absolute Gasteiger partial charge is 0.481 e. The number of benzene rings is 1. The molecule has 5 nitrogen and oxygen atoms in total. The second kappa shape index (κ2) is 7.65. The van der Waals surface area contributed by atoms with Gasteiger partial charge in [-0.05, 0) is 17.7 Å². The van der Waals surface area contributed by atoms with Crippen LogP contribution < -0.4 is 5.32 Å². The summed E-state index contributed by atoms with van der Waals surface area (Å²) in [7, 11) is 0. The van der Waals surface area contributed by atoms with E-state index in [1.807, 2.05) is 5.38 Å². The molecule has 0 saturated heterocycles. The van der Waals surface area contributed by atoms with Crippen LogP contribution in [-0.4, -0.2) is 22.0 Å². The van der Waals surface area contributed by atoms with Gasteiger partial charge in [0.05, 0.1) is 17.5 Å². The number of carboxylic acids is 1. The van der Waals surface area contributed by atoms with Gasteiger partial charge in [-0.2, -0.15) is 0 Å². The summed E-state index contributed by atoms with van der Waals surface area (Å²) in [5, 5.41) is 14.3. The lowest BCUT2D eigenvalue weighted by Crippen LogP contribution is -2.30. The summed E-state index contributed by atoms with van der Waals surface area (Å²) in [4.78, 5) is 27.0. The van der Waals surface area contributed by atoms with Gasteiger partial charge in [-0.15, -0.1) is 11.3 Å². The zero-order valence-electron chi connectivity index (χ0n) is 11.7. The van der Waals surface area contributed by atoms with Gasteiger partial charge < -0.3 is 10.4 Å². The summed E-state index contributed by atoms with van der Waals surface area (Å²) < 4.78 is 12.9. The molecule has 2 aromatic rings. The van der Waals surface area contributed by atoms with Crippen molar-refractivity contribution >= 4 is 23.2 Å². The normalized spacial score (nSPS) is 11.9. The van der Waals surface area contributed by atoms with Crippen LogP contribution in [0.1, 0.15) is 29.5 Å². The third kappa shape index (κ3) is 4.92. The van der Waals surface area contributed by atoms with E-state index in [0.29, 0.717) is 12.0 Å². The smallest absolute Gasteiger partial charge is 0.305 e. The van der Waals surface area contributed by atoms with Crippen LogP contribution in [0.25, 0.3) is 0 Å². The number of halogens is 1. The Morgan fingerprint density at radius 3 is 2.64 bits per heavy atom. The summed E-state index contributed by atoms with van der Waals surface area (Å²) in [5.41, 5.74) is 0.561. The summed E-state index contributed by atoms with van der Waals surface area (Å²) in [5.74, 6) is -1.70. The molecule has 0 radical (unpaired) electrons. The van der Waals surface area contributed by atoms with Gasteiger partial charge in [0, 0.05) is 24.4 Å². The SMILES string of the molecule is O=C(O)CC(NC(=O)CCc1nccs1)c1ccc(F)cc1. The molecule has 0 aliphatic heterocycles. The van der Waals surface area contributed by atoms with Gasteiger partial charge >= 0.3 is 5.97 Å². The lowest BCUT2D eigenvalue weighted by Gasteiger charge is -2.17. The predicted molar refractivity (Wildman–Crippen MR) is 80.0 cm³/mol. The van der Waals surface area contributed by atoms with Gasteiger partial charge in [0.2, 0.25) is 5.91 Å². The van der Waals surface area contributed by atoms with Crippen molar-refractivity contribution in [2.45, 2.75) is 25.3 Å². The van der Waals surface area contributed by atoms with E-state index in [1.54, 1.807) is 6.20 Å². The van der Waals surface area contributed by atoms with E-state index in [0.717, 1.165) is 5.01 Å². The number of carboxylic acid groups (broad SMARTS) is 1. The van der Waals surface area contributed by atoms with Gasteiger partial charge in [0.15, 0.2) is 0 Å². The Hall–Kier alpha value is -2.28. The second-order valence-corrected chi connectivity index (χ2v) is 5.67. The molecule has 0 aliphatic rings. The highest BCUT2D eigenvalue weighted by molar-refractivity contribution is 7.09. The Morgan fingerprint density at radius 2 is 2.05 bits per heavy atom. The number of nitrogens with one attached hydrogen (secondary N) is 1. The third-order valence-corrected chi connectivity index (χ3v) is 3.88. The Morgan fingerprint density at radius 1 is 1.32 bits per heavy atom. The van der Waals surface area contributed by atoms with Crippen LogP contribution in [0.5, 0.6) is 0 Å². The summed E-state index contributed by atoms with van der Waals surface area (Å²) in [6.45, 7) is 0. The van der Waals surface area contributed by atoms with E-state index in [2.05, 4.69) is 10.3 Å². The molecule has 22 heavy (non-hydrogen) atoms. The summed E-state index contributed by atoms with van der Waals surface area (Å²) in [6.07, 6.45) is 2.15. The molecule has 1 unspecified atom stereocenters. The predicted octanol–water partition coefficient (Wildman–Crippen LogP) is 2.55. The molecule has 0 spiro atoms. The fourth-order valence-corrected chi connectivity index (χ4v) is 2.61. The Bertz CT molecular complexity index is 629. The average molecular weight is 322 g/mol. The first-order chi connectivity index (χ1) is 10.5. The molecule has 116 valence electrons. The number of carbonyl (C=O) groups is 2. The van der Waals surface area contributed by atoms with Crippen molar-refractivity contribution in [3.8, 4) is 0 Å². The minimum atomic E-state index is -1.03. The molecule has 7 heteroatoms. The van der Waals surface area contributed by atoms with Gasteiger partial charge in [0.1, 0.15) is 5.82 Å². The van der Waals surface area contributed by atoms with Crippen LogP contribution in [0, 0.1) is 5.82 Å². The van der Waals surface area contributed by atoms with Gasteiger partial charge in [-0.3, -0.25) is 9.59 Å². The zero-order chi connectivity index (χ0) is 15.9. The number of aryl methyl sites for hydroxylation is 1. The van der Waals surface area contributed by atoms with Gasteiger partial charge in [-0.25, -0.2) is 9.37 Å². The van der Waals surface area contributed by atoms with E-state index in [1.165, 1.54) is 35.6 Å². The molecule has 1 aromatic heterocycles. The fraction of sp³-hybridized carbons (Fsp3) is 0.267. The Labute approximate surface area is 130 Å². The van der Waals surface area contributed by atoms with Gasteiger partial charge in [-0.1, -0.05) is 12.1 Å². The number of hydrogen-bond acceptors (Lipinski definition) is 4. The number of aromatic nitrogens is 1. The van der Waals surface area contributed by atoms with E-state index in [4.69, 9.17) is 5.11 Å². The molecule has 0 fully saturated rings. The molecule has 1 atom stereocenters. The molecular formula is C15H15FN2O3S. The van der Waals surface area contributed by atoms with Crippen LogP contribution in [0.4, 0.5) is 4.39 Å². The Balaban J connectivity index is 1.98. The molecule has 1 heterocycles. The van der Waals surface area contributed by atoms with Crippen molar-refractivity contribution in [2.24, 2.45) is 0 Å². The maximum Gasteiger partial charge on any atom is 0.305 e. The van der Waals surface area contributed by atoms with Crippen LogP contribution in [-0.2, 0) is 16.0 Å². The number of aliphatic carboxylic acids is 1. The first-order valence-electron chi connectivity index (χ1n) is 6.69. The molecule has 0 aliphatic carbocycles. The van der Waals surface area contributed by atoms with Crippen LogP contribution in [0.2, 0.25) is 0 Å². The van der Waals surface area contributed by atoms with Crippen molar-refractivity contribution in [1.29, 1.82) is 0 Å². The molecule has 1 aromatic carbocycles. The highest BCUT2D eigenvalue weighted by Gasteiger charge is 2.18. The molecule has 2 rings (SSSR count). The highest BCUT2D eigenvalue weighted by Crippen LogP contribution is 2.18. The van der Waals surface area contributed by atoms with Crippen LogP contribution in [0.3, 0.4) is 0 Å². The van der Waals surface area contributed by atoms with Gasteiger partial charge in [0.25, 0.3) is 0 Å². The first kappa shape index (κ1) is 16.1. The van der Waals surface area contributed by atoms with Crippen molar-refractivity contribution in [2.75, 3.05) is 0 Å². The number of carbonyl (C=O) groups excluding carboxylic acids is 1. The zero-order valence-corrected chi connectivity index (χ0v) is 12.5. The number of nitrogens with zero attached hydrogens (tertiary/aromatic N) is 1. The standard InChI is InChI=1S/C15H15FN2O3S/c16-11-3-1-10(2-4-11)12(9-15(20)21)18-13(19)5-6-14-17-7-8-22-14/h1-4,7-8,12H,5-6,9H2,(H,18,19)(H,20,21). The van der Waals surface area contributed by atoms with E-state index in [-0.39, 0.29) is 18.7 Å². The lowest BCUT2D eigenvalue weighted by atomic mass is 10.0. The highest BCUT2D eigenvalue weighted by atomic mass is 32.1. The molecule has 0 saturated carbocycles. The maximum atomic E-state index is 12.9. The van der Waals surface area contributed by atoms with Crippen molar-refractivity contribution in [3.05, 3.63) is 52.2 Å². The van der Waals surface area contributed by atoms with E-state index >= 15 is 0 Å². The Kier molecular flexibility index (Phi) is 5.60. The summed E-state index contributed by atoms with van der Waals surface area (Å²) in [6, 6.07) is 4.76. The quantitative estimate of drug-likeness (QED) is 0.821. The first-order valence-corrected chi connectivity index (χ1v) is 7.57. The van der Waals surface area contributed by atoms with Crippen molar-refractivity contribution in [3.63, 3.8) is 0 Å². The van der Waals surface area contributed by atoms with E-state index in [9.17, 15) is 14.0 Å². The van der Waals surface area contributed by atoms with Crippen molar-refractivity contribution in [1.82, 2.24) is 10.3 Å². The van der Waals surface area contributed by atoms with E-state index < -0.39 is 17.8 Å². The topological polar surface area (TPSA) is 79.3 Å². The van der Waals surface area contributed by atoms with Crippen LogP contribution >= 0.6 is 11.3 Å². The fourth-order valence-electron chi connectivity index (χ4n) is 1.99. The average Bonchev–Trinajstić information content (AvgIpc) is 2.98. The third-order valence-electron chi connectivity index (χ3n) is 3.04. The maximum absolute atomic E-state index is 12.9. The molecule has 1 amide bonds. The monoisotopic (exact) mass is 322 g/mol. The second-order valence-electron chi connectivity index (χ2n) is 4.70.